The minimum atomic E-state index is 0.297. The zero-order chi connectivity index (χ0) is 13.4. The van der Waals surface area contributed by atoms with Crippen LogP contribution in [0.3, 0.4) is 0 Å². The van der Waals surface area contributed by atoms with Gasteiger partial charge in [-0.05, 0) is 44.9 Å². The van der Waals surface area contributed by atoms with E-state index in [2.05, 4.69) is 11.9 Å². The lowest BCUT2D eigenvalue weighted by Gasteiger charge is -2.36. The monoisotopic (exact) mass is 262 g/mol. The second kappa shape index (κ2) is 4.93. The summed E-state index contributed by atoms with van der Waals surface area (Å²) >= 11 is 0. The maximum Gasteiger partial charge on any atom is 0.162 e. The number of nitrogen functional groups attached to an aromatic ring is 1. The van der Waals surface area contributed by atoms with Gasteiger partial charge >= 0.3 is 0 Å². The van der Waals surface area contributed by atoms with Crippen molar-refractivity contribution in [2.75, 3.05) is 19.9 Å². The molecule has 2 N–H and O–H groups in total. The molecule has 2 bridgehead atoms. The van der Waals surface area contributed by atoms with E-state index in [1.165, 1.54) is 12.8 Å². The summed E-state index contributed by atoms with van der Waals surface area (Å²) in [5.74, 6) is 1.54. The second-order valence-electron chi connectivity index (χ2n) is 5.67. The van der Waals surface area contributed by atoms with Gasteiger partial charge in [0.1, 0.15) is 6.10 Å². The van der Waals surface area contributed by atoms with Gasteiger partial charge in [-0.2, -0.15) is 0 Å². The summed E-state index contributed by atoms with van der Waals surface area (Å²) in [5.41, 5.74) is 6.47. The molecule has 2 aliphatic rings. The van der Waals surface area contributed by atoms with Crippen molar-refractivity contribution in [1.29, 1.82) is 0 Å². The first-order valence-electron chi connectivity index (χ1n) is 6.99. The smallest absolute Gasteiger partial charge is 0.162 e. The summed E-state index contributed by atoms with van der Waals surface area (Å²) in [6.07, 6.45) is 5.13. The second-order valence-corrected chi connectivity index (χ2v) is 5.67. The fourth-order valence-electron chi connectivity index (χ4n) is 3.42. The van der Waals surface area contributed by atoms with Crippen LogP contribution in [0.5, 0.6) is 11.5 Å². The molecule has 0 radical (unpaired) electrons. The Morgan fingerprint density at radius 3 is 2.47 bits per heavy atom. The predicted octanol–water partition coefficient (Wildman–Crippen LogP) is 2.28. The van der Waals surface area contributed by atoms with Gasteiger partial charge in [0.2, 0.25) is 0 Å². The van der Waals surface area contributed by atoms with E-state index < -0.39 is 0 Å². The van der Waals surface area contributed by atoms with Crippen molar-refractivity contribution in [1.82, 2.24) is 4.90 Å². The first kappa shape index (κ1) is 12.6. The molecular weight excluding hydrogens is 240 g/mol. The highest BCUT2D eigenvalue weighted by atomic mass is 16.5. The van der Waals surface area contributed by atoms with Crippen molar-refractivity contribution in [3.63, 3.8) is 0 Å². The normalized spacial score (nSPS) is 30.3. The standard InChI is InChI=1S/C15H22N2O2/c1-17-11-4-5-12(17)9-13(8-11)19-14-6-3-10(16)7-15(14)18-2/h3,6-7,11-13H,4-5,8-9,16H2,1-2H3/t11-,12+,13+. The van der Waals surface area contributed by atoms with Gasteiger partial charge in [-0.25, -0.2) is 0 Å². The summed E-state index contributed by atoms with van der Waals surface area (Å²) in [4.78, 5) is 2.51. The summed E-state index contributed by atoms with van der Waals surface area (Å²) in [7, 11) is 3.89. The highest BCUT2D eigenvalue weighted by molar-refractivity contribution is 5.52. The van der Waals surface area contributed by atoms with Gasteiger partial charge in [0.05, 0.1) is 7.11 Å². The molecule has 2 fully saturated rings. The number of rotatable bonds is 3. The molecule has 0 amide bonds. The van der Waals surface area contributed by atoms with E-state index in [-0.39, 0.29) is 0 Å². The Morgan fingerprint density at radius 1 is 1.16 bits per heavy atom. The molecule has 1 aromatic rings. The Kier molecular flexibility index (Phi) is 3.27. The molecule has 0 saturated carbocycles. The van der Waals surface area contributed by atoms with E-state index in [0.717, 1.165) is 24.3 Å². The fraction of sp³-hybridized carbons (Fsp3) is 0.600. The van der Waals surface area contributed by atoms with Crippen LogP contribution in [0.1, 0.15) is 25.7 Å². The van der Waals surface area contributed by atoms with Crippen molar-refractivity contribution >= 4 is 5.69 Å². The molecule has 3 atom stereocenters. The third kappa shape index (κ3) is 2.37. The van der Waals surface area contributed by atoms with Crippen LogP contribution >= 0.6 is 0 Å². The molecule has 2 aliphatic heterocycles. The summed E-state index contributed by atoms with van der Waals surface area (Å²) in [5, 5.41) is 0. The quantitative estimate of drug-likeness (QED) is 0.849. The molecule has 4 nitrogen and oxygen atoms in total. The fourth-order valence-corrected chi connectivity index (χ4v) is 3.42. The molecule has 2 heterocycles. The molecule has 0 spiro atoms. The van der Waals surface area contributed by atoms with Crippen molar-refractivity contribution in [2.45, 2.75) is 43.9 Å². The lowest BCUT2D eigenvalue weighted by molar-refractivity contribution is 0.0643. The van der Waals surface area contributed by atoms with Crippen LogP contribution < -0.4 is 15.2 Å². The third-order valence-corrected chi connectivity index (χ3v) is 4.54. The number of methoxy groups -OCH3 is 1. The first-order chi connectivity index (χ1) is 9.17. The molecule has 0 aliphatic carbocycles. The van der Waals surface area contributed by atoms with E-state index in [1.54, 1.807) is 7.11 Å². The van der Waals surface area contributed by atoms with E-state index in [1.807, 2.05) is 18.2 Å². The van der Waals surface area contributed by atoms with Crippen LogP contribution in [0.4, 0.5) is 5.69 Å². The van der Waals surface area contributed by atoms with Crippen molar-refractivity contribution in [3.8, 4) is 11.5 Å². The average Bonchev–Trinajstić information content (AvgIpc) is 2.64. The first-order valence-corrected chi connectivity index (χ1v) is 6.99. The Balaban J connectivity index is 1.72. The van der Waals surface area contributed by atoms with Crippen molar-refractivity contribution < 1.29 is 9.47 Å². The maximum absolute atomic E-state index is 6.15. The number of benzene rings is 1. The lowest BCUT2D eigenvalue weighted by atomic mass is 10.0. The number of nitrogens with zero attached hydrogens (tertiary/aromatic N) is 1. The largest absolute Gasteiger partial charge is 0.493 e. The Labute approximate surface area is 114 Å². The Bertz CT molecular complexity index is 449. The van der Waals surface area contributed by atoms with Gasteiger partial charge in [-0.1, -0.05) is 0 Å². The molecule has 4 heteroatoms. The van der Waals surface area contributed by atoms with E-state index in [4.69, 9.17) is 15.2 Å². The number of fused-ring (bicyclic) bond motifs is 2. The maximum atomic E-state index is 6.15. The number of hydrogen-bond donors (Lipinski definition) is 1. The molecule has 19 heavy (non-hydrogen) atoms. The van der Waals surface area contributed by atoms with E-state index >= 15 is 0 Å². The minimum absolute atomic E-state index is 0.297. The van der Waals surface area contributed by atoms with Gasteiger partial charge < -0.3 is 20.1 Å². The van der Waals surface area contributed by atoms with Gasteiger partial charge in [0, 0.05) is 23.8 Å². The molecule has 2 saturated heterocycles. The SMILES string of the molecule is COc1cc(N)ccc1O[C@H]1C[C@H]2CC[C@@H](C1)N2C. The molecule has 0 unspecified atom stereocenters. The van der Waals surface area contributed by atoms with Gasteiger partial charge in [0.25, 0.3) is 0 Å². The topological polar surface area (TPSA) is 47.7 Å². The highest BCUT2D eigenvalue weighted by Crippen LogP contribution is 2.38. The summed E-state index contributed by atoms with van der Waals surface area (Å²) < 4.78 is 11.5. The van der Waals surface area contributed by atoms with Gasteiger partial charge in [-0.15, -0.1) is 0 Å². The Morgan fingerprint density at radius 2 is 1.84 bits per heavy atom. The van der Waals surface area contributed by atoms with Crippen molar-refractivity contribution in [3.05, 3.63) is 18.2 Å². The van der Waals surface area contributed by atoms with Crippen LogP contribution in [-0.4, -0.2) is 37.2 Å². The van der Waals surface area contributed by atoms with Crippen LogP contribution in [0.15, 0.2) is 18.2 Å². The third-order valence-electron chi connectivity index (χ3n) is 4.54. The predicted molar refractivity (Wildman–Crippen MR) is 75.6 cm³/mol. The lowest BCUT2D eigenvalue weighted by Crippen LogP contribution is -2.43. The number of ether oxygens (including phenoxy) is 2. The highest BCUT2D eigenvalue weighted by Gasteiger charge is 2.39. The molecular formula is C15H22N2O2. The van der Waals surface area contributed by atoms with Crippen molar-refractivity contribution in [2.24, 2.45) is 0 Å². The molecule has 104 valence electrons. The zero-order valence-corrected chi connectivity index (χ0v) is 11.6. The van der Waals surface area contributed by atoms with Crippen LogP contribution in [0.2, 0.25) is 0 Å². The Hall–Kier alpha value is -1.42. The van der Waals surface area contributed by atoms with E-state index in [0.29, 0.717) is 23.9 Å². The number of nitrogens with two attached hydrogens (primary N) is 1. The average molecular weight is 262 g/mol. The van der Waals surface area contributed by atoms with Crippen LogP contribution in [0, 0.1) is 0 Å². The van der Waals surface area contributed by atoms with Crippen LogP contribution in [-0.2, 0) is 0 Å². The number of piperidine rings is 1. The molecule has 1 aromatic carbocycles. The van der Waals surface area contributed by atoms with Gasteiger partial charge in [-0.3, -0.25) is 0 Å². The van der Waals surface area contributed by atoms with E-state index in [9.17, 15) is 0 Å². The molecule has 0 aromatic heterocycles. The van der Waals surface area contributed by atoms with Gasteiger partial charge in [0.15, 0.2) is 11.5 Å². The summed E-state index contributed by atoms with van der Waals surface area (Å²) in [6.45, 7) is 0. The zero-order valence-electron chi connectivity index (χ0n) is 11.6. The van der Waals surface area contributed by atoms with Crippen LogP contribution in [0.25, 0.3) is 0 Å². The summed E-state index contributed by atoms with van der Waals surface area (Å²) in [6, 6.07) is 6.96. The molecule has 3 rings (SSSR count). The number of anilines is 1. The minimum Gasteiger partial charge on any atom is -0.493 e. The number of hydrogen-bond acceptors (Lipinski definition) is 4.